The van der Waals surface area contributed by atoms with E-state index in [0.717, 1.165) is 31.1 Å². The molecule has 0 bridgehead atoms. The maximum atomic E-state index is 4.78. The third-order valence-corrected chi connectivity index (χ3v) is 5.29. The second-order valence-corrected chi connectivity index (χ2v) is 6.83. The Morgan fingerprint density at radius 3 is 3.08 bits per heavy atom. The van der Waals surface area contributed by atoms with Crippen LogP contribution in [0.1, 0.15) is 43.1 Å². The van der Waals surface area contributed by atoms with Crippen LogP contribution in [0.5, 0.6) is 0 Å². The maximum absolute atomic E-state index is 4.78. The van der Waals surface area contributed by atoms with Crippen molar-refractivity contribution in [1.29, 1.82) is 0 Å². The van der Waals surface area contributed by atoms with Crippen molar-refractivity contribution in [1.82, 2.24) is 29.4 Å². The van der Waals surface area contributed by atoms with Gasteiger partial charge < -0.3 is 9.47 Å². The van der Waals surface area contributed by atoms with E-state index in [-0.39, 0.29) is 0 Å². The van der Waals surface area contributed by atoms with Crippen LogP contribution in [0.3, 0.4) is 0 Å². The smallest absolute Gasteiger partial charge is 0.177 e. The Kier molecular flexibility index (Phi) is 3.24. The van der Waals surface area contributed by atoms with Gasteiger partial charge in [-0.15, -0.1) is 15.3 Å². The molecular formula is C17H21N7. The van der Waals surface area contributed by atoms with Crippen LogP contribution in [-0.2, 0) is 13.0 Å². The molecule has 1 fully saturated rings. The van der Waals surface area contributed by atoms with Crippen molar-refractivity contribution in [3.05, 3.63) is 36.2 Å². The molecule has 3 aromatic rings. The van der Waals surface area contributed by atoms with E-state index in [1.165, 1.54) is 43.6 Å². The van der Waals surface area contributed by atoms with Crippen LogP contribution in [0.25, 0.3) is 5.65 Å². The summed E-state index contributed by atoms with van der Waals surface area (Å²) < 4.78 is 4.21. The van der Waals surface area contributed by atoms with Gasteiger partial charge in [0.1, 0.15) is 18.0 Å². The Hall–Kier alpha value is -2.44. The molecule has 2 aliphatic heterocycles. The lowest BCUT2D eigenvalue weighted by Crippen LogP contribution is -2.36. The molecule has 0 unspecified atom stereocenters. The van der Waals surface area contributed by atoms with Gasteiger partial charge in [0.2, 0.25) is 0 Å². The first-order chi connectivity index (χ1) is 11.9. The molecule has 0 aromatic carbocycles. The van der Waals surface area contributed by atoms with Crippen molar-refractivity contribution in [2.24, 2.45) is 0 Å². The van der Waals surface area contributed by atoms with Crippen LogP contribution in [0.15, 0.2) is 24.7 Å². The Labute approximate surface area is 140 Å². The van der Waals surface area contributed by atoms with Crippen molar-refractivity contribution >= 4 is 11.5 Å². The molecule has 0 N–H and O–H groups in total. The van der Waals surface area contributed by atoms with Crippen LogP contribution < -0.4 is 4.90 Å². The molecule has 7 heteroatoms. The van der Waals surface area contributed by atoms with Gasteiger partial charge in [-0.3, -0.25) is 0 Å². The summed E-state index contributed by atoms with van der Waals surface area (Å²) in [5.41, 5.74) is 2.20. The summed E-state index contributed by atoms with van der Waals surface area (Å²) in [6, 6.07) is 4.03. The Bertz CT molecular complexity index is 865. The highest BCUT2D eigenvalue weighted by molar-refractivity contribution is 5.45. The lowest BCUT2D eigenvalue weighted by molar-refractivity contribution is 0.443. The third-order valence-electron chi connectivity index (χ3n) is 5.29. The van der Waals surface area contributed by atoms with E-state index in [1.807, 2.05) is 12.1 Å². The first kappa shape index (κ1) is 13.9. The van der Waals surface area contributed by atoms with E-state index in [4.69, 9.17) is 4.98 Å². The number of nitrogens with zero attached hydrogens (tertiary/aromatic N) is 7. The van der Waals surface area contributed by atoms with Crippen molar-refractivity contribution in [3.63, 3.8) is 0 Å². The number of piperidine rings is 1. The molecule has 3 aromatic heterocycles. The second-order valence-electron chi connectivity index (χ2n) is 6.83. The fraction of sp³-hybridized carbons (Fsp3) is 0.529. The molecule has 1 saturated heterocycles. The molecule has 0 amide bonds. The number of rotatable bonds is 2. The van der Waals surface area contributed by atoms with Crippen LogP contribution in [0.4, 0.5) is 5.82 Å². The molecule has 0 aliphatic carbocycles. The van der Waals surface area contributed by atoms with Gasteiger partial charge in [0.15, 0.2) is 5.65 Å². The lowest BCUT2D eigenvalue weighted by Gasteiger charge is -2.33. The molecule has 0 radical (unpaired) electrons. The number of anilines is 1. The highest BCUT2D eigenvalue weighted by Crippen LogP contribution is 2.30. The minimum atomic E-state index is 0.490. The van der Waals surface area contributed by atoms with Crippen molar-refractivity contribution < 1.29 is 0 Å². The Morgan fingerprint density at radius 1 is 1.08 bits per heavy atom. The van der Waals surface area contributed by atoms with E-state index in [9.17, 15) is 0 Å². The van der Waals surface area contributed by atoms with E-state index < -0.39 is 0 Å². The summed E-state index contributed by atoms with van der Waals surface area (Å²) in [6.07, 6.45) is 9.88. The number of aromatic nitrogens is 6. The zero-order chi connectivity index (χ0) is 15.9. The molecular weight excluding hydrogens is 302 g/mol. The minimum Gasteiger partial charge on any atom is -0.354 e. The fourth-order valence-corrected chi connectivity index (χ4v) is 4.07. The predicted octanol–water partition coefficient (Wildman–Crippen LogP) is 2.04. The second kappa shape index (κ2) is 5.58. The maximum Gasteiger partial charge on any atom is 0.177 e. The van der Waals surface area contributed by atoms with Gasteiger partial charge in [-0.2, -0.15) is 4.52 Å². The number of imidazole rings is 1. The zero-order valence-electron chi connectivity index (χ0n) is 13.7. The van der Waals surface area contributed by atoms with E-state index in [2.05, 4.69) is 31.0 Å². The summed E-state index contributed by atoms with van der Waals surface area (Å²) >= 11 is 0. The van der Waals surface area contributed by atoms with Crippen LogP contribution in [0.2, 0.25) is 0 Å². The normalized spacial score (nSPS) is 21.2. The standard InChI is InChI=1S/C17H21N7/c1-2-9-23-14(5-1)10-18-17(23)13-4-3-8-22(11-13)16-7-6-15-20-19-12-24(15)21-16/h6-7,10,12-13H,1-5,8-9,11H2/t13-/m1/s1. The van der Waals surface area contributed by atoms with E-state index in [1.54, 1.807) is 10.8 Å². The first-order valence-corrected chi connectivity index (χ1v) is 8.85. The quantitative estimate of drug-likeness (QED) is 0.722. The lowest BCUT2D eigenvalue weighted by atomic mass is 9.96. The molecule has 5 rings (SSSR count). The van der Waals surface area contributed by atoms with Crippen molar-refractivity contribution in [3.8, 4) is 0 Å². The van der Waals surface area contributed by atoms with Gasteiger partial charge in [-0.25, -0.2) is 4.98 Å². The predicted molar refractivity (Wildman–Crippen MR) is 90.1 cm³/mol. The monoisotopic (exact) mass is 323 g/mol. The summed E-state index contributed by atoms with van der Waals surface area (Å²) in [4.78, 5) is 7.16. The summed E-state index contributed by atoms with van der Waals surface area (Å²) in [5, 5.41) is 12.6. The molecule has 0 saturated carbocycles. The average molecular weight is 323 g/mol. The average Bonchev–Trinajstić information content (AvgIpc) is 3.28. The number of hydrogen-bond donors (Lipinski definition) is 0. The summed E-state index contributed by atoms with van der Waals surface area (Å²) in [5.74, 6) is 2.77. The Balaban J connectivity index is 1.42. The topological polar surface area (TPSA) is 64.1 Å². The summed E-state index contributed by atoms with van der Waals surface area (Å²) in [6.45, 7) is 3.16. The van der Waals surface area contributed by atoms with Crippen LogP contribution in [0, 0.1) is 0 Å². The molecule has 2 aliphatic rings. The molecule has 0 spiro atoms. The highest BCUT2D eigenvalue weighted by atomic mass is 15.4. The van der Waals surface area contributed by atoms with Gasteiger partial charge in [0.05, 0.1) is 0 Å². The highest BCUT2D eigenvalue weighted by Gasteiger charge is 2.27. The minimum absolute atomic E-state index is 0.490. The zero-order valence-corrected chi connectivity index (χ0v) is 13.7. The van der Waals surface area contributed by atoms with Gasteiger partial charge in [-0.05, 0) is 44.2 Å². The number of aryl methyl sites for hydroxylation is 1. The van der Waals surface area contributed by atoms with Crippen molar-refractivity contribution in [2.45, 2.75) is 44.6 Å². The van der Waals surface area contributed by atoms with Crippen LogP contribution in [-0.4, -0.2) is 42.5 Å². The van der Waals surface area contributed by atoms with Gasteiger partial charge in [0.25, 0.3) is 0 Å². The first-order valence-electron chi connectivity index (χ1n) is 8.85. The molecule has 5 heterocycles. The fourth-order valence-electron chi connectivity index (χ4n) is 4.07. The largest absolute Gasteiger partial charge is 0.354 e. The van der Waals surface area contributed by atoms with E-state index in [0.29, 0.717) is 5.92 Å². The third kappa shape index (κ3) is 2.26. The van der Waals surface area contributed by atoms with Gasteiger partial charge in [0, 0.05) is 37.4 Å². The van der Waals surface area contributed by atoms with Gasteiger partial charge >= 0.3 is 0 Å². The molecule has 124 valence electrons. The van der Waals surface area contributed by atoms with Crippen LogP contribution >= 0.6 is 0 Å². The molecule has 7 nitrogen and oxygen atoms in total. The molecule has 1 atom stereocenters. The Morgan fingerprint density at radius 2 is 2.08 bits per heavy atom. The molecule has 24 heavy (non-hydrogen) atoms. The van der Waals surface area contributed by atoms with Gasteiger partial charge in [-0.1, -0.05) is 0 Å². The number of hydrogen-bond acceptors (Lipinski definition) is 5. The number of fused-ring (bicyclic) bond motifs is 2. The van der Waals surface area contributed by atoms with E-state index >= 15 is 0 Å². The van der Waals surface area contributed by atoms with Crippen molar-refractivity contribution in [2.75, 3.05) is 18.0 Å². The SMILES string of the molecule is c1cc2nncn2nc1N1CCC[C@@H](c2ncc3n2CCCC3)C1. The summed E-state index contributed by atoms with van der Waals surface area (Å²) in [7, 11) is 0.